The van der Waals surface area contributed by atoms with Gasteiger partial charge in [-0.25, -0.2) is 0 Å². The summed E-state index contributed by atoms with van der Waals surface area (Å²) in [5.74, 6) is 0.269. The highest BCUT2D eigenvalue weighted by molar-refractivity contribution is 5.94. The average Bonchev–Trinajstić information content (AvgIpc) is 3.28. The van der Waals surface area contributed by atoms with Gasteiger partial charge >= 0.3 is 0 Å². The number of benzene rings is 1. The van der Waals surface area contributed by atoms with E-state index in [9.17, 15) is 19.7 Å². The van der Waals surface area contributed by atoms with E-state index in [2.05, 4.69) is 10.2 Å². The van der Waals surface area contributed by atoms with Crippen LogP contribution in [-0.2, 0) is 9.53 Å². The lowest BCUT2D eigenvalue weighted by Gasteiger charge is -2.40. The lowest BCUT2D eigenvalue weighted by molar-refractivity contribution is -0.384. The molecule has 1 aliphatic carbocycles. The maximum atomic E-state index is 12.9. The minimum atomic E-state index is -0.478. The first-order valence-electron chi connectivity index (χ1n) is 10.6. The maximum absolute atomic E-state index is 12.9. The summed E-state index contributed by atoms with van der Waals surface area (Å²) in [6.45, 7) is 3.32. The Labute approximate surface area is 176 Å². The fraction of sp³-hybridized carbons (Fsp3) is 0.619. The van der Waals surface area contributed by atoms with Gasteiger partial charge in [0.05, 0.1) is 17.6 Å². The molecule has 0 spiro atoms. The molecule has 1 N–H and O–H groups in total. The Bertz CT molecular complexity index is 740. The number of carbonyl (C=O) groups excluding carboxylic acids is 2. The van der Waals surface area contributed by atoms with Gasteiger partial charge in [-0.2, -0.15) is 0 Å². The van der Waals surface area contributed by atoms with Crippen molar-refractivity contribution in [2.45, 2.75) is 31.7 Å². The molecule has 1 aromatic rings. The molecule has 0 aromatic heterocycles. The quantitative estimate of drug-likeness (QED) is 0.391. The monoisotopic (exact) mass is 418 g/mol. The summed E-state index contributed by atoms with van der Waals surface area (Å²) in [4.78, 5) is 39.9. The van der Waals surface area contributed by atoms with Crippen LogP contribution >= 0.6 is 0 Å². The summed E-state index contributed by atoms with van der Waals surface area (Å²) in [7, 11) is 1.61. The number of methoxy groups -OCH3 is 1. The van der Waals surface area contributed by atoms with Gasteiger partial charge in [-0.15, -0.1) is 0 Å². The third-order valence-corrected chi connectivity index (χ3v) is 6.04. The molecule has 1 aromatic carbocycles. The zero-order chi connectivity index (χ0) is 21.5. The van der Waals surface area contributed by atoms with E-state index in [0.717, 1.165) is 25.7 Å². The Hall–Kier alpha value is -2.52. The molecule has 1 saturated heterocycles. The zero-order valence-electron chi connectivity index (χ0n) is 17.4. The molecule has 1 heterocycles. The number of ether oxygens (including phenoxy) is 1. The van der Waals surface area contributed by atoms with Crippen LogP contribution in [0.5, 0.6) is 0 Å². The van der Waals surface area contributed by atoms with Crippen molar-refractivity contribution >= 4 is 17.5 Å². The second-order valence-electron chi connectivity index (χ2n) is 7.91. The van der Waals surface area contributed by atoms with Crippen molar-refractivity contribution < 1.29 is 19.2 Å². The molecule has 2 aliphatic rings. The van der Waals surface area contributed by atoms with Crippen LogP contribution in [0.3, 0.4) is 0 Å². The molecule has 1 aliphatic heterocycles. The molecular weight excluding hydrogens is 388 g/mol. The third-order valence-electron chi connectivity index (χ3n) is 6.04. The fourth-order valence-corrected chi connectivity index (χ4v) is 4.44. The highest BCUT2D eigenvalue weighted by Gasteiger charge is 2.37. The summed E-state index contributed by atoms with van der Waals surface area (Å²) in [6, 6.07) is 5.53. The van der Waals surface area contributed by atoms with E-state index in [-0.39, 0.29) is 23.5 Å². The van der Waals surface area contributed by atoms with Gasteiger partial charge in [0.1, 0.15) is 0 Å². The van der Waals surface area contributed by atoms with Crippen LogP contribution < -0.4 is 5.32 Å². The molecule has 1 atom stereocenters. The van der Waals surface area contributed by atoms with Crippen molar-refractivity contribution in [2.24, 2.45) is 5.92 Å². The van der Waals surface area contributed by atoms with Crippen molar-refractivity contribution in [1.29, 1.82) is 0 Å². The Morgan fingerprint density at radius 3 is 2.37 bits per heavy atom. The highest BCUT2D eigenvalue weighted by Crippen LogP contribution is 2.31. The number of carbonyl (C=O) groups is 2. The van der Waals surface area contributed by atoms with Gasteiger partial charge in [-0.1, -0.05) is 12.8 Å². The topological polar surface area (TPSA) is 105 Å². The third kappa shape index (κ3) is 5.34. The molecule has 2 fully saturated rings. The number of nitro benzene ring substituents is 1. The average molecular weight is 418 g/mol. The molecule has 0 bridgehead atoms. The van der Waals surface area contributed by atoms with Gasteiger partial charge < -0.3 is 15.0 Å². The van der Waals surface area contributed by atoms with Crippen molar-refractivity contribution in [3.05, 3.63) is 39.9 Å². The Kier molecular flexibility index (Phi) is 7.75. The Morgan fingerprint density at radius 1 is 1.17 bits per heavy atom. The summed E-state index contributed by atoms with van der Waals surface area (Å²) in [6.07, 6.45) is 4.44. The van der Waals surface area contributed by atoms with Crippen molar-refractivity contribution in [3.8, 4) is 0 Å². The minimum absolute atomic E-state index is 0.0322. The van der Waals surface area contributed by atoms with E-state index in [1.807, 2.05) is 0 Å². The molecule has 30 heavy (non-hydrogen) atoms. The van der Waals surface area contributed by atoms with Crippen LogP contribution in [0.1, 0.15) is 36.0 Å². The molecule has 1 saturated carbocycles. The van der Waals surface area contributed by atoms with E-state index in [0.29, 0.717) is 50.8 Å². The molecule has 1 unspecified atom stereocenters. The van der Waals surface area contributed by atoms with Crippen molar-refractivity contribution in [1.82, 2.24) is 15.1 Å². The summed E-state index contributed by atoms with van der Waals surface area (Å²) in [5.41, 5.74) is 0.411. The van der Waals surface area contributed by atoms with Gasteiger partial charge in [0.2, 0.25) is 5.91 Å². The van der Waals surface area contributed by atoms with Crippen LogP contribution in [0.4, 0.5) is 5.69 Å². The number of piperazine rings is 1. The molecule has 3 rings (SSSR count). The minimum Gasteiger partial charge on any atom is -0.383 e. The van der Waals surface area contributed by atoms with Gasteiger partial charge in [0.15, 0.2) is 0 Å². The molecule has 164 valence electrons. The van der Waals surface area contributed by atoms with Crippen LogP contribution in [0.15, 0.2) is 24.3 Å². The van der Waals surface area contributed by atoms with Crippen LogP contribution in [0.2, 0.25) is 0 Å². The van der Waals surface area contributed by atoms with Crippen LogP contribution in [0, 0.1) is 16.0 Å². The van der Waals surface area contributed by atoms with Gasteiger partial charge in [-0.3, -0.25) is 24.6 Å². The first-order chi connectivity index (χ1) is 14.5. The van der Waals surface area contributed by atoms with Gasteiger partial charge in [0, 0.05) is 57.5 Å². The lowest BCUT2D eigenvalue weighted by Crippen LogP contribution is -2.58. The SMILES string of the molecule is COCCNC(=O)C(C1CCCC1)N1CCN(C(=O)c2ccc([N+](=O)[O-])cc2)CC1. The fourth-order valence-electron chi connectivity index (χ4n) is 4.44. The Morgan fingerprint density at radius 2 is 1.80 bits per heavy atom. The van der Waals surface area contributed by atoms with E-state index >= 15 is 0 Å². The summed E-state index contributed by atoms with van der Waals surface area (Å²) < 4.78 is 5.04. The first-order valence-corrected chi connectivity index (χ1v) is 10.6. The predicted octanol–water partition coefficient (Wildman–Crippen LogP) is 1.67. The molecule has 2 amide bonds. The zero-order valence-corrected chi connectivity index (χ0v) is 17.4. The number of nitrogens with zero attached hydrogens (tertiary/aromatic N) is 3. The van der Waals surface area contributed by atoms with Crippen LogP contribution in [-0.4, -0.2) is 79.0 Å². The number of non-ortho nitro benzene ring substituents is 1. The molecule has 9 nitrogen and oxygen atoms in total. The smallest absolute Gasteiger partial charge is 0.269 e. The number of hydrogen-bond donors (Lipinski definition) is 1. The molecular formula is C21H30N4O5. The van der Waals surface area contributed by atoms with E-state index in [1.165, 1.54) is 24.3 Å². The van der Waals surface area contributed by atoms with E-state index in [4.69, 9.17) is 4.74 Å². The van der Waals surface area contributed by atoms with E-state index in [1.54, 1.807) is 12.0 Å². The molecule has 9 heteroatoms. The lowest BCUT2D eigenvalue weighted by atomic mass is 9.95. The summed E-state index contributed by atoms with van der Waals surface area (Å²) >= 11 is 0. The molecule has 0 radical (unpaired) electrons. The second-order valence-corrected chi connectivity index (χ2v) is 7.91. The second kappa shape index (κ2) is 10.5. The van der Waals surface area contributed by atoms with E-state index < -0.39 is 4.92 Å². The van der Waals surface area contributed by atoms with Crippen molar-refractivity contribution in [2.75, 3.05) is 46.4 Å². The van der Waals surface area contributed by atoms with Crippen LogP contribution in [0.25, 0.3) is 0 Å². The summed E-state index contributed by atoms with van der Waals surface area (Å²) in [5, 5.41) is 13.8. The standard InChI is InChI=1S/C21H30N4O5/c1-30-15-10-22-20(26)19(16-4-2-3-5-16)23-11-13-24(14-12-23)21(27)17-6-8-18(9-7-17)25(28)29/h6-9,16,19H,2-5,10-15H2,1H3,(H,22,26). The number of nitrogens with one attached hydrogen (secondary N) is 1. The predicted molar refractivity (Wildman–Crippen MR) is 111 cm³/mol. The first kappa shape index (κ1) is 22.2. The number of hydrogen-bond acceptors (Lipinski definition) is 6. The Balaban J connectivity index is 1.60. The largest absolute Gasteiger partial charge is 0.383 e. The number of rotatable bonds is 8. The van der Waals surface area contributed by atoms with Gasteiger partial charge in [0.25, 0.3) is 11.6 Å². The van der Waals surface area contributed by atoms with Gasteiger partial charge in [-0.05, 0) is 30.9 Å². The highest BCUT2D eigenvalue weighted by atomic mass is 16.6. The number of nitro groups is 1. The number of amides is 2. The maximum Gasteiger partial charge on any atom is 0.269 e. The van der Waals surface area contributed by atoms with Crippen molar-refractivity contribution in [3.63, 3.8) is 0 Å². The normalized spacial score (nSPS) is 18.9.